The molecule has 2 aromatic rings. The van der Waals surface area contributed by atoms with E-state index in [0.29, 0.717) is 5.92 Å². The van der Waals surface area contributed by atoms with Crippen LogP contribution in [0.25, 0.3) is 0 Å². The maximum absolute atomic E-state index is 12.6. The van der Waals surface area contributed by atoms with Crippen molar-refractivity contribution in [3.8, 4) is 0 Å². The van der Waals surface area contributed by atoms with Crippen molar-refractivity contribution < 1.29 is 9.53 Å². The topological polar surface area (TPSA) is 50.4 Å². The molecule has 1 aliphatic carbocycles. The molecule has 0 radical (unpaired) electrons. The molecule has 2 aliphatic rings. The lowest BCUT2D eigenvalue weighted by molar-refractivity contribution is -0.147. The highest BCUT2D eigenvalue weighted by Gasteiger charge is 2.48. The van der Waals surface area contributed by atoms with E-state index in [0.717, 1.165) is 16.9 Å². The highest BCUT2D eigenvalue weighted by molar-refractivity contribution is 5.78. The molecule has 0 amide bonds. The standard InChI is InChI=1S/C20H22N2O2/c1-24-20(23)17-18(13-11-12-13)22-16-10-6-5-9-15(16)19(17)21-14-7-3-2-4-8-14/h2-10,13,17-19,21-22H,11-12H2,1H3/t17-,18-,19?/m0/s1. The molecular weight excluding hydrogens is 300 g/mol. The summed E-state index contributed by atoms with van der Waals surface area (Å²) in [5.74, 6) is 0.155. The van der Waals surface area contributed by atoms with E-state index >= 15 is 0 Å². The predicted molar refractivity (Wildman–Crippen MR) is 94.9 cm³/mol. The Bertz CT molecular complexity index is 727. The number of methoxy groups -OCH3 is 1. The average molecular weight is 322 g/mol. The third-order valence-electron chi connectivity index (χ3n) is 5.06. The molecule has 4 nitrogen and oxygen atoms in total. The monoisotopic (exact) mass is 322 g/mol. The van der Waals surface area contributed by atoms with Gasteiger partial charge in [-0.05, 0) is 42.5 Å². The van der Waals surface area contributed by atoms with Crippen molar-refractivity contribution in [2.24, 2.45) is 11.8 Å². The molecule has 1 fully saturated rings. The molecule has 1 saturated carbocycles. The zero-order valence-corrected chi connectivity index (χ0v) is 13.7. The molecule has 4 rings (SSSR count). The molecule has 0 bridgehead atoms. The van der Waals surface area contributed by atoms with Gasteiger partial charge >= 0.3 is 5.97 Å². The van der Waals surface area contributed by atoms with Gasteiger partial charge in [-0.25, -0.2) is 0 Å². The van der Waals surface area contributed by atoms with Crippen LogP contribution in [0.15, 0.2) is 54.6 Å². The van der Waals surface area contributed by atoms with Gasteiger partial charge in [-0.1, -0.05) is 36.4 Å². The number of rotatable bonds is 4. The smallest absolute Gasteiger partial charge is 0.313 e. The van der Waals surface area contributed by atoms with Crippen molar-refractivity contribution >= 4 is 17.3 Å². The van der Waals surface area contributed by atoms with Crippen LogP contribution in [0, 0.1) is 11.8 Å². The summed E-state index contributed by atoms with van der Waals surface area (Å²) in [7, 11) is 1.48. The number of fused-ring (bicyclic) bond motifs is 1. The van der Waals surface area contributed by atoms with Gasteiger partial charge in [0.15, 0.2) is 0 Å². The van der Waals surface area contributed by atoms with Gasteiger partial charge in [0.2, 0.25) is 0 Å². The van der Waals surface area contributed by atoms with Crippen LogP contribution in [0.1, 0.15) is 24.4 Å². The van der Waals surface area contributed by atoms with Gasteiger partial charge < -0.3 is 15.4 Å². The number of hydrogen-bond acceptors (Lipinski definition) is 4. The third-order valence-corrected chi connectivity index (χ3v) is 5.06. The van der Waals surface area contributed by atoms with Crippen LogP contribution in [0.4, 0.5) is 11.4 Å². The normalized spacial score (nSPS) is 25.3. The summed E-state index contributed by atoms with van der Waals surface area (Å²) < 4.78 is 5.16. The first-order chi connectivity index (χ1) is 11.8. The molecule has 124 valence electrons. The molecule has 0 saturated heterocycles. The van der Waals surface area contributed by atoms with Crippen LogP contribution in [-0.4, -0.2) is 19.1 Å². The van der Waals surface area contributed by atoms with E-state index in [9.17, 15) is 4.79 Å². The van der Waals surface area contributed by atoms with Gasteiger partial charge in [-0.3, -0.25) is 4.79 Å². The highest BCUT2D eigenvalue weighted by atomic mass is 16.5. The molecule has 2 N–H and O–H groups in total. The van der Waals surface area contributed by atoms with E-state index in [-0.39, 0.29) is 24.0 Å². The number of benzene rings is 2. The second-order valence-electron chi connectivity index (χ2n) is 6.63. The van der Waals surface area contributed by atoms with Gasteiger partial charge in [-0.15, -0.1) is 0 Å². The van der Waals surface area contributed by atoms with E-state index in [1.807, 2.05) is 42.5 Å². The number of carbonyl (C=O) groups excluding carboxylic acids is 1. The number of carbonyl (C=O) groups is 1. The second kappa shape index (κ2) is 6.19. The maximum Gasteiger partial charge on any atom is 0.313 e. The van der Waals surface area contributed by atoms with Crippen LogP contribution >= 0.6 is 0 Å². The summed E-state index contributed by atoms with van der Waals surface area (Å²) in [5.41, 5.74) is 3.25. The number of hydrogen-bond donors (Lipinski definition) is 2. The number of para-hydroxylation sites is 2. The molecular formula is C20H22N2O2. The molecule has 3 atom stereocenters. The zero-order chi connectivity index (χ0) is 16.5. The second-order valence-corrected chi connectivity index (χ2v) is 6.63. The Morgan fingerprint density at radius 3 is 2.50 bits per heavy atom. The van der Waals surface area contributed by atoms with E-state index in [1.165, 1.54) is 20.0 Å². The molecule has 4 heteroatoms. The van der Waals surface area contributed by atoms with Crippen LogP contribution in [0.2, 0.25) is 0 Å². The van der Waals surface area contributed by atoms with E-state index in [4.69, 9.17) is 4.74 Å². The first kappa shape index (κ1) is 15.1. The SMILES string of the molecule is COC(=O)[C@@H]1C(Nc2ccccc2)c2ccccc2N[C@H]1C1CC1. The summed E-state index contributed by atoms with van der Waals surface area (Å²) >= 11 is 0. The van der Waals surface area contributed by atoms with Crippen molar-refractivity contribution in [2.45, 2.75) is 24.9 Å². The van der Waals surface area contributed by atoms with Gasteiger partial charge in [-0.2, -0.15) is 0 Å². The van der Waals surface area contributed by atoms with Crippen molar-refractivity contribution in [1.82, 2.24) is 0 Å². The Morgan fingerprint density at radius 2 is 1.79 bits per heavy atom. The molecule has 0 aromatic heterocycles. The van der Waals surface area contributed by atoms with E-state index < -0.39 is 0 Å². The number of esters is 1. The summed E-state index contributed by atoms with van der Waals surface area (Å²) in [6.45, 7) is 0. The van der Waals surface area contributed by atoms with Crippen LogP contribution in [0.3, 0.4) is 0 Å². The minimum Gasteiger partial charge on any atom is -0.469 e. The molecule has 0 spiro atoms. The Hall–Kier alpha value is -2.49. The van der Waals surface area contributed by atoms with Crippen molar-refractivity contribution in [2.75, 3.05) is 17.7 Å². The maximum atomic E-state index is 12.6. The van der Waals surface area contributed by atoms with E-state index in [2.05, 4.69) is 22.8 Å². The first-order valence-electron chi connectivity index (χ1n) is 8.53. The minimum atomic E-state index is -0.238. The lowest BCUT2D eigenvalue weighted by Gasteiger charge is -2.40. The van der Waals surface area contributed by atoms with Crippen LogP contribution < -0.4 is 10.6 Å². The number of nitrogens with one attached hydrogen (secondary N) is 2. The van der Waals surface area contributed by atoms with E-state index in [1.54, 1.807) is 0 Å². The van der Waals surface area contributed by atoms with Gasteiger partial charge in [0.25, 0.3) is 0 Å². The van der Waals surface area contributed by atoms with Crippen molar-refractivity contribution in [3.05, 3.63) is 60.2 Å². The number of anilines is 2. The highest BCUT2D eigenvalue weighted by Crippen LogP contribution is 2.47. The van der Waals surface area contributed by atoms with Crippen LogP contribution in [0.5, 0.6) is 0 Å². The predicted octanol–water partition coefficient (Wildman–Crippen LogP) is 3.83. The lowest BCUT2D eigenvalue weighted by Crippen LogP contribution is -2.46. The Morgan fingerprint density at radius 1 is 1.08 bits per heavy atom. The molecule has 1 aliphatic heterocycles. The van der Waals surface area contributed by atoms with Crippen LogP contribution in [-0.2, 0) is 9.53 Å². The fraction of sp³-hybridized carbons (Fsp3) is 0.350. The first-order valence-corrected chi connectivity index (χ1v) is 8.53. The van der Waals surface area contributed by atoms with Crippen molar-refractivity contribution in [3.63, 3.8) is 0 Å². The largest absolute Gasteiger partial charge is 0.469 e. The molecule has 1 unspecified atom stereocenters. The Balaban J connectivity index is 1.76. The van der Waals surface area contributed by atoms with Gasteiger partial charge in [0.1, 0.15) is 5.92 Å². The van der Waals surface area contributed by atoms with Crippen molar-refractivity contribution in [1.29, 1.82) is 0 Å². The quantitative estimate of drug-likeness (QED) is 0.840. The molecule has 24 heavy (non-hydrogen) atoms. The van der Waals surface area contributed by atoms with Gasteiger partial charge in [0.05, 0.1) is 13.2 Å². The zero-order valence-electron chi connectivity index (χ0n) is 13.7. The Labute approximate surface area is 142 Å². The summed E-state index contributed by atoms with van der Waals surface area (Å²) in [6, 6.07) is 18.3. The third kappa shape index (κ3) is 2.73. The van der Waals surface area contributed by atoms with Gasteiger partial charge in [0, 0.05) is 17.4 Å². The summed E-state index contributed by atoms with van der Waals surface area (Å²) in [4.78, 5) is 12.6. The number of ether oxygens (including phenoxy) is 1. The molecule has 1 heterocycles. The lowest BCUT2D eigenvalue weighted by atomic mass is 9.80. The summed E-state index contributed by atoms with van der Waals surface area (Å²) in [5, 5.41) is 7.17. The summed E-state index contributed by atoms with van der Waals surface area (Å²) in [6.07, 6.45) is 2.34. The fourth-order valence-electron chi connectivity index (χ4n) is 3.74. The minimum absolute atomic E-state index is 0.0945. The average Bonchev–Trinajstić information content (AvgIpc) is 3.47. The Kier molecular flexibility index (Phi) is 3.89. The fourth-order valence-corrected chi connectivity index (χ4v) is 3.74. The molecule has 2 aromatic carbocycles.